The Bertz CT molecular complexity index is 586. The Morgan fingerprint density at radius 1 is 1.19 bits per heavy atom. The Morgan fingerprint density at radius 3 is 2.73 bits per heavy atom. The van der Waals surface area contributed by atoms with Gasteiger partial charge in [0.05, 0.1) is 39.9 Å². The molecular weight excluding hydrogens is 334 g/mol. The number of benzene rings is 1. The van der Waals surface area contributed by atoms with E-state index in [2.05, 4.69) is 10.3 Å². The van der Waals surface area contributed by atoms with Gasteiger partial charge >= 0.3 is 0 Å². The van der Waals surface area contributed by atoms with Crippen molar-refractivity contribution in [3.63, 3.8) is 0 Å². The standard InChI is InChI=1S/C19H29N3O4/c1-24-13-14-26-19(20-9-12-22-10-4-3-5-11-22)21-18(23)16-7-6-8-17(15-16)25-2/h6-8,15H,3-5,9-14H2,1-2H3,(H,20,21,23)/p+1. The van der Waals surface area contributed by atoms with Crippen molar-refractivity contribution in [3.8, 4) is 5.75 Å². The normalized spacial score (nSPS) is 15.5. The molecule has 144 valence electrons. The Balaban J connectivity index is 1.93. The minimum atomic E-state index is -0.273. The van der Waals surface area contributed by atoms with Crippen molar-refractivity contribution in [1.29, 1.82) is 0 Å². The number of nitrogens with one attached hydrogen (secondary N) is 2. The van der Waals surface area contributed by atoms with Crippen LogP contribution in [0.25, 0.3) is 0 Å². The van der Waals surface area contributed by atoms with Crippen LogP contribution >= 0.6 is 0 Å². The van der Waals surface area contributed by atoms with Crippen molar-refractivity contribution in [1.82, 2.24) is 5.32 Å². The van der Waals surface area contributed by atoms with Gasteiger partial charge in [-0.2, -0.15) is 0 Å². The topological polar surface area (TPSA) is 73.6 Å². The van der Waals surface area contributed by atoms with Gasteiger partial charge in [0, 0.05) is 12.7 Å². The summed E-state index contributed by atoms with van der Waals surface area (Å²) in [7, 11) is 3.18. The molecule has 0 aliphatic carbocycles. The number of piperidine rings is 1. The fourth-order valence-corrected chi connectivity index (χ4v) is 2.89. The number of nitrogens with zero attached hydrogens (tertiary/aromatic N) is 1. The van der Waals surface area contributed by atoms with E-state index in [0.717, 1.165) is 6.54 Å². The summed E-state index contributed by atoms with van der Waals surface area (Å²) in [5.41, 5.74) is 0.494. The quantitative estimate of drug-likeness (QED) is 0.401. The monoisotopic (exact) mass is 364 g/mol. The molecule has 1 aromatic rings. The molecule has 1 aliphatic rings. The van der Waals surface area contributed by atoms with Crippen LogP contribution < -0.4 is 15.0 Å². The number of hydrogen-bond acceptors (Lipinski definition) is 5. The van der Waals surface area contributed by atoms with Crippen molar-refractivity contribution in [2.24, 2.45) is 4.99 Å². The molecule has 7 nitrogen and oxygen atoms in total. The molecule has 0 saturated carbocycles. The number of quaternary nitrogens is 1. The van der Waals surface area contributed by atoms with Crippen LogP contribution in [0.3, 0.4) is 0 Å². The van der Waals surface area contributed by atoms with Gasteiger partial charge in [-0.3, -0.25) is 10.1 Å². The molecule has 1 heterocycles. The first-order valence-corrected chi connectivity index (χ1v) is 9.18. The summed E-state index contributed by atoms with van der Waals surface area (Å²) in [5.74, 6) is 0.357. The molecule has 1 amide bonds. The van der Waals surface area contributed by atoms with Crippen molar-refractivity contribution in [2.45, 2.75) is 19.3 Å². The molecule has 1 saturated heterocycles. The summed E-state index contributed by atoms with van der Waals surface area (Å²) in [5, 5.41) is 2.75. The predicted octanol–water partition coefficient (Wildman–Crippen LogP) is 0.513. The molecule has 1 aromatic carbocycles. The van der Waals surface area contributed by atoms with Gasteiger partial charge in [-0.25, -0.2) is 4.99 Å². The van der Waals surface area contributed by atoms with Crippen LogP contribution in [0.2, 0.25) is 0 Å². The molecule has 0 spiro atoms. The lowest BCUT2D eigenvalue weighted by atomic mass is 10.1. The highest BCUT2D eigenvalue weighted by molar-refractivity contribution is 6.04. The molecule has 1 fully saturated rings. The number of carbonyl (C=O) groups excluding carboxylic acids is 1. The summed E-state index contributed by atoms with van der Waals surface area (Å²) < 4.78 is 15.7. The lowest BCUT2D eigenvalue weighted by Crippen LogP contribution is -3.13. The van der Waals surface area contributed by atoms with E-state index in [0.29, 0.717) is 31.1 Å². The highest BCUT2D eigenvalue weighted by atomic mass is 16.5. The van der Waals surface area contributed by atoms with Gasteiger partial charge in [0.15, 0.2) is 0 Å². The Morgan fingerprint density at radius 2 is 2.00 bits per heavy atom. The van der Waals surface area contributed by atoms with E-state index in [1.165, 1.54) is 32.4 Å². The third kappa shape index (κ3) is 7.01. The summed E-state index contributed by atoms with van der Waals surface area (Å²) in [6, 6.07) is 7.21. The summed E-state index contributed by atoms with van der Waals surface area (Å²) in [6.45, 7) is 4.75. The predicted molar refractivity (Wildman–Crippen MR) is 100 cm³/mol. The van der Waals surface area contributed by atoms with Gasteiger partial charge in [-0.05, 0) is 37.5 Å². The highest BCUT2D eigenvalue weighted by Gasteiger charge is 2.14. The van der Waals surface area contributed by atoms with Crippen molar-refractivity contribution in [3.05, 3.63) is 29.8 Å². The van der Waals surface area contributed by atoms with Gasteiger partial charge in [-0.1, -0.05) is 6.07 Å². The van der Waals surface area contributed by atoms with Crippen LogP contribution in [0.5, 0.6) is 5.75 Å². The minimum absolute atomic E-state index is 0.242. The maximum absolute atomic E-state index is 12.5. The zero-order chi connectivity index (χ0) is 18.6. The second kappa shape index (κ2) is 11.5. The van der Waals surface area contributed by atoms with E-state index in [9.17, 15) is 4.79 Å². The van der Waals surface area contributed by atoms with Gasteiger partial charge < -0.3 is 19.1 Å². The second-order valence-corrected chi connectivity index (χ2v) is 6.27. The third-order valence-electron chi connectivity index (χ3n) is 4.36. The van der Waals surface area contributed by atoms with E-state index in [1.54, 1.807) is 43.4 Å². The molecule has 2 N–H and O–H groups in total. The molecule has 0 bridgehead atoms. The zero-order valence-corrected chi connectivity index (χ0v) is 15.8. The number of ether oxygens (including phenoxy) is 3. The molecular formula is C19H30N3O4+. The molecule has 0 radical (unpaired) electrons. The van der Waals surface area contributed by atoms with Crippen LogP contribution in [-0.4, -0.2) is 65.5 Å². The number of likely N-dealkylation sites (tertiary alicyclic amines) is 1. The molecule has 0 unspecified atom stereocenters. The average molecular weight is 364 g/mol. The summed E-state index contributed by atoms with van der Waals surface area (Å²) in [4.78, 5) is 18.5. The first-order chi connectivity index (χ1) is 12.7. The van der Waals surface area contributed by atoms with E-state index in [-0.39, 0.29) is 11.9 Å². The van der Waals surface area contributed by atoms with E-state index in [4.69, 9.17) is 14.2 Å². The van der Waals surface area contributed by atoms with Crippen LogP contribution in [0, 0.1) is 0 Å². The highest BCUT2D eigenvalue weighted by Crippen LogP contribution is 2.12. The van der Waals surface area contributed by atoms with Crippen LogP contribution in [0.15, 0.2) is 29.3 Å². The maximum Gasteiger partial charge on any atom is 0.291 e. The molecule has 0 aromatic heterocycles. The van der Waals surface area contributed by atoms with Gasteiger partial charge in [-0.15, -0.1) is 0 Å². The zero-order valence-electron chi connectivity index (χ0n) is 15.8. The van der Waals surface area contributed by atoms with Crippen LogP contribution in [0.1, 0.15) is 29.6 Å². The number of amidine groups is 1. The number of carbonyl (C=O) groups is 1. The molecule has 26 heavy (non-hydrogen) atoms. The van der Waals surface area contributed by atoms with Crippen LogP contribution in [0.4, 0.5) is 0 Å². The van der Waals surface area contributed by atoms with E-state index < -0.39 is 0 Å². The fourth-order valence-electron chi connectivity index (χ4n) is 2.89. The van der Waals surface area contributed by atoms with Gasteiger partial charge in [0.25, 0.3) is 11.9 Å². The number of rotatable bonds is 8. The van der Waals surface area contributed by atoms with Gasteiger partial charge in [0.1, 0.15) is 12.4 Å². The lowest BCUT2D eigenvalue weighted by Gasteiger charge is -2.22. The Labute approximate surface area is 155 Å². The smallest absolute Gasteiger partial charge is 0.291 e. The lowest BCUT2D eigenvalue weighted by molar-refractivity contribution is -0.903. The van der Waals surface area contributed by atoms with Gasteiger partial charge in [0.2, 0.25) is 0 Å². The average Bonchev–Trinajstić information content (AvgIpc) is 2.68. The van der Waals surface area contributed by atoms with E-state index in [1.807, 2.05) is 0 Å². The first-order valence-electron chi connectivity index (χ1n) is 9.18. The fraction of sp³-hybridized carbons (Fsp3) is 0.579. The molecule has 7 heteroatoms. The summed E-state index contributed by atoms with van der Waals surface area (Å²) >= 11 is 0. The number of amides is 1. The largest absolute Gasteiger partial charge is 0.497 e. The van der Waals surface area contributed by atoms with Crippen LogP contribution in [-0.2, 0) is 9.47 Å². The van der Waals surface area contributed by atoms with E-state index >= 15 is 0 Å². The third-order valence-corrected chi connectivity index (χ3v) is 4.36. The molecule has 1 aliphatic heterocycles. The number of hydrogen-bond donors (Lipinski definition) is 2. The summed E-state index contributed by atoms with van der Waals surface area (Å²) in [6.07, 6.45) is 3.89. The Hall–Kier alpha value is -2.12. The van der Waals surface area contributed by atoms with Crippen molar-refractivity contribution in [2.75, 3.05) is 53.6 Å². The first kappa shape index (κ1) is 20.2. The number of aliphatic imine (C=N–C) groups is 1. The molecule has 0 atom stereocenters. The minimum Gasteiger partial charge on any atom is -0.497 e. The second-order valence-electron chi connectivity index (χ2n) is 6.27. The Kier molecular flexibility index (Phi) is 8.92. The maximum atomic E-state index is 12.5. The van der Waals surface area contributed by atoms with Crippen molar-refractivity contribution >= 4 is 11.9 Å². The SMILES string of the molecule is COCCOC(=NCC[NH+]1CCCCC1)NC(=O)c1cccc(OC)c1. The van der Waals surface area contributed by atoms with Crippen molar-refractivity contribution < 1.29 is 23.9 Å². The number of methoxy groups -OCH3 is 2. The molecule has 2 rings (SSSR count).